The normalized spacial score (nSPS) is 24.9. The van der Waals surface area contributed by atoms with Crippen LogP contribution in [0.1, 0.15) is 24.1 Å². The molecule has 3 rings (SSSR count). The average molecular weight is 401 g/mol. The van der Waals surface area contributed by atoms with Crippen molar-refractivity contribution in [3.8, 4) is 0 Å². The molecule has 0 aromatic carbocycles. The number of nitrogens with zero attached hydrogens (tertiary/aromatic N) is 2. The van der Waals surface area contributed by atoms with E-state index in [-0.39, 0.29) is 42.7 Å². The molecule has 1 saturated heterocycles. The zero-order chi connectivity index (χ0) is 14.8. The van der Waals surface area contributed by atoms with Crippen molar-refractivity contribution < 1.29 is 4.79 Å². The van der Waals surface area contributed by atoms with Crippen LogP contribution in [0.25, 0.3) is 0 Å². The number of piperazine rings is 1. The van der Waals surface area contributed by atoms with Crippen molar-refractivity contribution in [3.05, 3.63) is 21.3 Å². The average Bonchev–Trinajstić information content (AvgIpc) is 3.08. The van der Waals surface area contributed by atoms with E-state index in [2.05, 4.69) is 11.0 Å². The summed E-state index contributed by atoms with van der Waals surface area (Å²) in [7, 11) is 0. The van der Waals surface area contributed by atoms with Crippen LogP contribution in [-0.4, -0.2) is 47.9 Å². The van der Waals surface area contributed by atoms with Gasteiger partial charge < -0.3 is 10.6 Å². The van der Waals surface area contributed by atoms with Crippen LogP contribution in [0.3, 0.4) is 0 Å². The van der Waals surface area contributed by atoms with Gasteiger partial charge in [-0.05, 0) is 25.0 Å². The predicted molar refractivity (Wildman–Crippen MR) is 101 cm³/mol. The van der Waals surface area contributed by atoms with Gasteiger partial charge in [-0.15, -0.1) is 36.2 Å². The van der Waals surface area contributed by atoms with Crippen molar-refractivity contribution in [2.24, 2.45) is 11.7 Å². The van der Waals surface area contributed by atoms with Gasteiger partial charge in [0.15, 0.2) is 0 Å². The fourth-order valence-corrected chi connectivity index (χ4v) is 4.44. The molecule has 23 heavy (non-hydrogen) atoms. The maximum absolute atomic E-state index is 12.5. The van der Waals surface area contributed by atoms with E-state index >= 15 is 0 Å². The van der Waals surface area contributed by atoms with Crippen molar-refractivity contribution in [1.82, 2.24) is 9.80 Å². The minimum Gasteiger partial charge on any atom is -0.340 e. The Morgan fingerprint density at radius 1 is 1.22 bits per heavy atom. The Bertz CT molecular complexity index is 506. The largest absolute Gasteiger partial charge is 0.340 e. The maximum atomic E-state index is 12.5. The third-order valence-electron chi connectivity index (χ3n) is 4.58. The van der Waals surface area contributed by atoms with E-state index in [0.29, 0.717) is 0 Å². The highest BCUT2D eigenvalue weighted by molar-refractivity contribution is 7.16. The summed E-state index contributed by atoms with van der Waals surface area (Å²) in [6.45, 7) is 4.44. The summed E-state index contributed by atoms with van der Waals surface area (Å²) in [4.78, 5) is 18.2. The number of carbonyl (C=O) groups excluding carboxylic acids is 1. The fourth-order valence-electron chi connectivity index (χ4n) is 3.31. The molecular weight excluding hydrogens is 377 g/mol. The minimum atomic E-state index is 0. The lowest BCUT2D eigenvalue weighted by Crippen LogP contribution is -2.51. The fraction of sp³-hybridized carbons (Fsp3) is 0.667. The van der Waals surface area contributed by atoms with Gasteiger partial charge in [-0.2, -0.15) is 0 Å². The number of hydrogen-bond acceptors (Lipinski definition) is 4. The van der Waals surface area contributed by atoms with Crippen molar-refractivity contribution in [2.45, 2.75) is 31.8 Å². The zero-order valence-corrected chi connectivity index (χ0v) is 16.2. The highest BCUT2D eigenvalue weighted by Crippen LogP contribution is 2.27. The van der Waals surface area contributed by atoms with Crippen LogP contribution >= 0.6 is 47.8 Å². The molecule has 1 amide bonds. The van der Waals surface area contributed by atoms with Crippen LogP contribution in [0.15, 0.2) is 12.1 Å². The van der Waals surface area contributed by atoms with E-state index in [1.54, 1.807) is 11.3 Å². The van der Waals surface area contributed by atoms with Gasteiger partial charge in [-0.25, -0.2) is 0 Å². The van der Waals surface area contributed by atoms with Crippen LogP contribution < -0.4 is 5.73 Å². The Morgan fingerprint density at radius 3 is 2.43 bits per heavy atom. The molecule has 0 bridgehead atoms. The summed E-state index contributed by atoms with van der Waals surface area (Å²) in [5, 5.41) is 0. The van der Waals surface area contributed by atoms with E-state index in [0.717, 1.165) is 56.3 Å². The van der Waals surface area contributed by atoms with Crippen molar-refractivity contribution in [2.75, 3.05) is 26.2 Å². The quantitative estimate of drug-likeness (QED) is 0.848. The van der Waals surface area contributed by atoms with E-state index in [4.69, 9.17) is 17.3 Å². The molecule has 1 aromatic heterocycles. The highest BCUT2D eigenvalue weighted by Gasteiger charge is 2.34. The summed E-state index contributed by atoms with van der Waals surface area (Å²) in [6.07, 6.45) is 3.06. The number of hydrogen-bond donors (Lipinski definition) is 1. The summed E-state index contributed by atoms with van der Waals surface area (Å²) in [5.74, 6) is 0.339. The summed E-state index contributed by atoms with van der Waals surface area (Å²) < 4.78 is 0.842. The van der Waals surface area contributed by atoms with Gasteiger partial charge in [0, 0.05) is 43.6 Å². The van der Waals surface area contributed by atoms with Crippen LogP contribution in [-0.2, 0) is 11.3 Å². The molecule has 2 unspecified atom stereocenters. The second-order valence-corrected chi connectivity index (χ2v) is 7.81. The molecule has 4 nitrogen and oxygen atoms in total. The molecule has 2 N–H and O–H groups in total. The van der Waals surface area contributed by atoms with E-state index in [1.807, 2.05) is 11.0 Å². The van der Waals surface area contributed by atoms with Gasteiger partial charge in [-0.1, -0.05) is 18.0 Å². The summed E-state index contributed by atoms with van der Waals surface area (Å²) in [5.41, 5.74) is 6.05. The first kappa shape index (κ1) is 21.0. The molecule has 132 valence electrons. The molecule has 2 aliphatic rings. The zero-order valence-electron chi connectivity index (χ0n) is 12.9. The molecule has 0 spiro atoms. The van der Waals surface area contributed by atoms with E-state index in [1.165, 1.54) is 4.88 Å². The van der Waals surface area contributed by atoms with E-state index in [9.17, 15) is 4.79 Å². The van der Waals surface area contributed by atoms with Crippen molar-refractivity contribution in [3.63, 3.8) is 0 Å². The second-order valence-electron chi connectivity index (χ2n) is 6.01. The lowest BCUT2D eigenvalue weighted by molar-refractivity contribution is -0.137. The molecule has 8 heteroatoms. The molecule has 1 aliphatic heterocycles. The number of amides is 1. The molecule has 2 heterocycles. The molecular formula is C15H24Cl3N3OS. The van der Waals surface area contributed by atoms with Gasteiger partial charge in [-0.3, -0.25) is 9.69 Å². The number of thiophene rings is 1. The number of carbonyl (C=O) groups is 1. The molecule has 2 atom stereocenters. The Balaban J connectivity index is 0.00000132. The van der Waals surface area contributed by atoms with Gasteiger partial charge in [0.2, 0.25) is 5.91 Å². The first-order valence-electron chi connectivity index (χ1n) is 7.64. The smallest absolute Gasteiger partial charge is 0.227 e. The number of rotatable bonds is 3. The highest BCUT2D eigenvalue weighted by atomic mass is 35.5. The number of halogens is 3. The lowest BCUT2D eigenvalue weighted by atomic mass is 10.0. The summed E-state index contributed by atoms with van der Waals surface area (Å²) >= 11 is 7.60. The molecule has 1 saturated carbocycles. The van der Waals surface area contributed by atoms with Crippen molar-refractivity contribution >= 4 is 53.7 Å². The Kier molecular flexibility index (Phi) is 8.63. The van der Waals surface area contributed by atoms with E-state index < -0.39 is 0 Å². The standard InChI is InChI=1S/C15H22ClN3OS.2ClH/c16-14-5-4-11(21-14)10-18-6-8-19(9-7-18)15(20)12-2-1-3-13(12)17;;/h4-5,12-13H,1-3,6-10,17H2;2*1H. The predicted octanol–water partition coefficient (Wildman–Crippen LogP) is 3.02. The van der Waals surface area contributed by atoms with Gasteiger partial charge in [0.1, 0.15) is 0 Å². The van der Waals surface area contributed by atoms with Gasteiger partial charge in [0.05, 0.1) is 10.3 Å². The molecule has 0 radical (unpaired) electrons. The van der Waals surface area contributed by atoms with Crippen LogP contribution in [0.4, 0.5) is 0 Å². The van der Waals surface area contributed by atoms with Crippen LogP contribution in [0, 0.1) is 5.92 Å². The van der Waals surface area contributed by atoms with Crippen molar-refractivity contribution in [1.29, 1.82) is 0 Å². The second kappa shape index (κ2) is 9.44. The number of nitrogens with two attached hydrogens (primary N) is 1. The topological polar surface area (TPSA) is 49.6 Å². The molecule has 1 aromatic rings. The lowest BCUT2D eigenvalue weighted by Gasteiger charge is -2.36. The first-order valence-corrected chi connectivity index (χ1v) is 8.84. The molecule has 2 fully saturated rings. The first-order chi connectivity index (χ1) is 10.1. The Morgan fingerprint density at radius 2 is 1.91 bits per heavy atom. The van der Waals surface area contributed by atoms with Crippen LogP contribution in [0.2, 0.25) is 4.34 Å². The maximum Gasteiger partial charge on any atom is 0.227 e. The third kappa shape index (κ3) is 5.21. The van der Waals surface area contributed by atoms with Crippen LogP contribution in [0.5, 0.6) is 0 Å². The van der Waals surface area contributed by atoms with Gasteiger partial charge in [0.25, 0.3) is 0 Å². The Hall–Kier alpha value is -0.0400. The monoisotopic (exact) mass is 399 g/mol. The Labute approximate surface area is 159 Å². The summed E-state index contributed by atoms with van der Waals surface area (Å²) in [6, 6.07) is 4.11. The molecule has 1 aliphatic carbocycles. The minimum absolute atomic E-state index is 0. The SMILES string of the molecule is Cl.Cl.NC1CCCC1C(=O)N1CCN(Cc2ccc(Cl)s2)CC1. The third-order valence-corrected chi connectivity index (χ3v) is 5.79. The van der Waals surface area contributed by atoms with Gasteiger partial charge >= 0.3 is 0 Å².